The second kappa shape index (κ2) is 9.03. The molecule has 0 aliphatic rings. The van der Waals surface area contributed by atoms with Crippen molar-refractivity contribution in [2.75, 3.05) is 5.32 Å². The third-order valence-electron chi connectivity index (χ3n) is 4.26. The first-order chi connectivity index (χ1) is 13.4. The first kappa shape index (κ1) is 20.1. The van der Waals surface area contributed by atoms with Crippen LogP contribution in [-0.4, -0.2) is 10.9 Å². The van der Waals surface area contributed by atoms with Gasteiger partial charge in [-0.05, 0) is 32.0 Å². The average Bonchev–Trinajstić information content (AvgIpc) is 3.09. The van der Waals surface area contributed by atoms with Gasteiger partial charge in [0.25, 0.3) is 0 Å². The molecule has 0 saturated carbocycles. The van der Waals surface area contributed by atoms with Gasteiger partial charge in [0.2, 0.25) is 5.91 Å². The molecule has 28 heavy (non-hydrogen) atoms. The van der Waals surface area contributed by atoms with Gasteiger partial charge in [-0.15, -0.1) is 11.3 Å². The standard InChI is InChI=1S/C21H21F2N3OS/c1-13-3-6-16(7-4-13)25-20(27)10-21-26-17(12-28-21)11-24-14(2)18-8-5-15(22)9-19(18)23/h3-9,12,14,24H,10-11H2,1-2H3,(H,25,27). The van der Waals surface area contributed by atoms with Crippen molar-refractivity contribution in [1.82, 2.24) is 10.3 Å². The van der Waals surface area contributed by atoms with Crippen LogP contribution in [0, 0.1) is 18.6 Å². The highest BCUT2D eigenvalue weighted by molar-refractivity contribution is 7.09. The Balaban J connectivity index is 1.52. The number of halogens is 2. The van der Waals surface area contributed by atoms with Crippen LogP contribution in [0.5, 0.6) is 0 Å². The molecule has 0 saturated heterocycles. The maximum atomic E-state index is 13.8. The van der Waals surface area contributed by atoms with Crippen molar-refractivity contribution < 1.29 is 13.6 Å². The van der Waals surface area contributed by atoms with Crippen molar-refractivity contribution in [2.45, 2.75) is 32.9 Å². The summed E-state index contributed by atoms with van der Waals surface area (Å²) >= 11 is 1.41. The number of anilines is 1. The van der Waals surface area contributed by atoms with Crippen molar-refractivity contribution in [3.63, 3.8) is 0 Å². The predicted octanol–water partition coefficient (Wildman–Crippen LogP) is 4.76. The minimum atomic E-state index is -0.596. The second-order valence-electron chi connectivity index (χ2n) is 6.59. The molecular formula is C21H21F2N3OS. The van der Waals surface area contributed by atoms with Crippen LogP contribution in [0.3, 0.4) is 0 Å². The van der Waals surface area contributed by atoms with Gasteiger partial charge in [-0.3, -0.25) is 4.79 Å². The summed E-state index contributed by atoms with van der Waals surface area (Å²) < 4.78 is 26.9. The lowest BCUT2D eigenvalue weighted by Gasteiger charge is -2.14. The zero-order chi connectivity index (χ0) is 20.1. The van der Waals surface area contributed by atoms with Gasteiger partial charge in [0.15, 0.2) is 0 Å². The van der Waals surface area contributed by atoms with Crippen molar-refractivity contribution in [3.8, 4) is 0 Å². The SMILES string of the molecule is Cc1ccc(NC(=O)Cc2nc(CNC(C)c3ccc(F)cc3F)cs2)cc1. The molecule has 0 aliphatic carbocycles. The molecule has 1 heterocycles. The third kappa shape index (κ3) is 5.43. The zero-order valence-electron chi connectivity index (χ0n) is 15.6. The van der Waals surface area contributed by atoms with Crippen LogP contribution < -0.4 is 10.6 Å². The summed E-state index contributed by atoms with van der Waals surface area (Å²) in [4.78, 5) is 16.6. The van der Waals surface area contributed by atoms with Crippen LogP contribution in [0.25, 0.3) is 0 Å². The van der Waals surface area contributed by atoms with E-state index in [-0.39, 0.29) is 18.4 Å². The van der Waals surface area contributed by atoms with Crippen LogP contribution in [0.15, 0.2) is 47.8 Å². The molecule has 146 valence electrons. The fourth-order valence-corrected chi connectivity index (χ4v) is 3.50. The van der Waals surface area contributed by atoms with Gasteiger partial charge in [-0.25, -0.2) is 13.8 Å². The topological polar surface area (TPSA) is 54.0 Å². The second-order valence-corrected chi connectivity index (χ2v) is 7.53. The number of amides is 1. The first-order valence-electron chi connectivity index (χ1n) is 8.89. The Morgan fingerprint density at radius 2 is 1.93 bits per heavy atom. The van der Waals surface area contributed by atoms with E-state index in [1.54, 1.807) is 6.92 Å². The number of nitrogens with one attached hydrogen (secondary N) is 2. The largest absolute Gasteiger partial charge is 0.326 e. The minimum Gasteiger partial charge on any atom is -0.326 e. The number of aromatic nitrogens is 1. The Morgan fingerprint density at radius 3 is 2.64 bits per heavy atom. The summed E-state index contributed by atoms with van der Waals surface area (Å²) in [6, 6.07) is 10.9. The third-order valence-corrected chi connectivity index (χ3v) is 5.16. The molecular weight excluding hydrogens is 380 g/mol. The van der Waals surface area contributed by atoms with E-state index in [4.69, 9.17) is 0 Å². The van der Waals surface area contributed by atoms with Gasteiger partial charge in [0, 0.05) is 35.3 Å². The Hall–Kier alpha value is -2.64. The van der Waals surface area contributed by atoms with Crippen molar-refractivity contribution in [3.05, 3.63) is 81.3 Å². The summed E-state index contributed by atoms with van der Waals surface area (Å²) in [5.41, 5.74) is 3.06. The van der Waals surface area contributed by atoms with E-state index in [1.807, 2.05) is 36.6 Å². The molecule has 3 rings (SSSR count). The van der Waals surface area contributed by atoms with Crippen LogP contribution in [0.2, 0.25) is 0 Å². The van der Waals surface area contributed by atoms with E-state index in [1.165, 1.54) is 23.5 Å². The Bertz CT molecular complexity index is 957. The van der Waals surface area contributed by atoms with Crippen LogP contribution in [-0.2, 0) is 17.8 Å². The maximum Gasteiger partial charge on any atom is 0.231 e. The van der Waals surface area contributed by atoms with Gasteiger partial charge in [0.05, 0.1) is 12.1 Å². The number of carbonyl (C=O) groups is 1. The number of hydrogen-bond donors (Lipinski definition) is 2. The molecule has 3 aromatic rings. The Morgan fingerprint density at radius 1 is 1.18 bits per heavy atom. The lowest BCUT2D eigenvalue weighted by molar-refractivity contribution is -0.115. The van der Waals surface area contributed by atoms with E-state index in [0.29, 0.717) is 17.1 Å². The number of aryl methyl sites for hydroxylation is 1. The smallest absolute Gasteiger partial charge is 0.231 e. The molecule has 1 aromatic heterocycles. The minimum absolute atomic E-state index is 0.125. The molecule has 0 spiro atoms. The van der Waals surface area contributed by atoms with E-state index < -0.39 is 11.6 Å². The molecule has 1 amide bonds. The Labute approximate surface area is 166 Å². The van der Waals surface area contributed by atoms with Gasteiger partial charge in [-0.2, -0.15) is 0 Å². The quantitative estimate of drug-likeness (QED) is 0.600. The molecule has 1 atom stereocenters. The highest BCUT2D eigenvalue weighted by Crippen LogP contribution is 2.19. The number of carbonyl (C=O) groups excluding carboxylic acids is 1. The lowest BCUT2D eigenvalue weighted by Crippen LogP contribution is -2.19. The summed E-state index contributed by atoms with van der Waals surface area (Å²) in [6.45, 7) is 4.22. The summed E-state index contributed by atoms with van der Waals surface area (Å²) in [6.07, 6.45) is 0.195. The van der Waals surface area contributed by atoms with E-state index in [9.17, 15) is 13.6 Å². The highest BCUT2D eigenvalue weighted by Gasteiger charge is 2.13. The van der Waals surface area contributed by atoms with E-state index >= 15 is 0 Å². The van der Waals surface area contributed by atoms with Crippen LogP contribution >= 0.6 is 11.3 Å². The number of nitrogens with zero attached hydrogens (tertiary/aromatic N) is 1. The average molecular weight is 401 g/mol. The molecule has 0 radical (unpaired) electrons. The summed E-state index contributed by atoms with van der Waals surface area (Å²) in [7, 11) is 0. The first-order valence-corrected chi connectivity index (χ1v) is 9.77. The van der Waals surface area contributed by atoms with Crippen molar-refractivity contribution in [1.29, 1.82) is 0 Å². The molecule has 2 N–H and O–H groups in total. The van der Waals surface area contributed by atoms with E-state index in [0.717, 1.165) is 23.0 Å². The van der Waals surface area contributed by atoms with Crippen molar-refractivity contribution in [2.24, 2.45) is 0 Å². The normalized spacial score (nSPS) is 12.0. The van der Waals surface area contributed by atoms with Crippen molar-refractivity contribution >= 4 is 22.9 Å². The van der Waals surface area contributed by atoms with Crippen LogP contribution in [0.1, 0.15) is 34.8 Å². The summed E-state index contributed by atoms with van der Waals surface area (Å²) in [5.74, 6) is -1.30. The number of hydrogen-bond acceptors (Lipinski definition) is 4. The fraction of sp³-hybridized carbons (Fsp3) is 0.238. The Kier molecular flexibility index (Phi) is 6.49. The van der Waals surface area contributed by atoms with Crippen LogP contribution in [0.4, 0.5) is 14.5 Å². The van der Waals surface area contributed by atoms with Gasteiger partial charge >= 0.3 is 0 Å². The van der Waals surface area contributed by atoms with Gasteiger partial charge in [-0.1, -0.05) is 23.8 Å². The monoisotopic (exact) mass is 401 g/mol. The molecule has 0 bridgehead atoms. The van der Waals surface area contributed by atoms with E-state index in [2.05, 4.69) is 15.6 Å². The number of rotatable bonds is 7. The molecule has 7 heteroatoms. The molecule has 0 aliphatic heterocycles. The zero-order valence-corrected chi connectivity index (χ0v) is 16.4. The maximum absolute atomic E-state index is 13.8. The van der Waals surface area contributed by atoms with Gasteiger partial charge < -0.3 is 10.6 Å². The molecule has 0 fully saturated rings. The molecule has 4 nitrogen and oxygen atoms in total. The number of thiazole rings is 1. The molecule has 1 unspecified atom stereocenters. The lowest BCUT2D eigenvalue weighted by atomic mass is 10.1. The molecule has 2 aromatic carbocycles. The summed E-state index contributed by atoms with van der Waals surface area (Å²) in [5, 5.41) is 8.60. The number of benzene rings is 2. The van der Waals surface area contributed by atoms with Gasteiger partial charge in [0.1, 0.15) is 16.6 Å². The highest BCUT2D eigenvalue weighted by atomic mass is 32.1. The fourth-order valence-electron chi connectivity index (χ4n) is 2.71. The predicted molar refractivity (Wildman–Crippen MR) is 107 cm³/mol.